The molecule has 6 nitrogen and oxygen atoms in total. The molecule has 0 saturated heterocycles. The van der Waals surface area contributed by atoms with Gasteiger partial charge in [-0.1, -0.05) is 41.4 Å². The van der Waals surface area contributed by atoms with Crippen LogP contribution in [-0.2, 0) is 14.8 Å². The van der Waals surface area contributed by atoms with Crippen LogP contribution in [0, 0.1) is 6.92 Å². The summed E-state index contributed by atoms with van der Waals surface area (Å²) in [5.41, 5.74) is 4.75. The van der Waals surface area contributed by atoms with Crippen LogP contribution in [0.2, 0.25) is 10.0 Å². The number of nitrogens with one attached hydrogen (secondary N) is 1. The van der Waals surface area contributed by atoms with Crippen molar-refractivity contribution in [3.8, 4) is 0 Å². The third-order valence-corrected chi connectivity index (χ3v) is 5.35. The maximum absolute atomic E-state index is 12.3. The van der Waals surface area contributed by atoms with Gasteiger partial charge in [0.05, 0.1) is 17.7 Å². The van der Waals surface area contributed by atoms with E-state index >= 15 is 0 Å². The molecule has 0 radical (unpaired) electrons. The number of carbonyl (C=O) groups is 1. The van der Waals surface area contributed by atoms with Crippen molar-refractivity contribution in [2.45, 2.75) is 13.8 Å². The number of hydrogen-bond donors (Lipinski definition) is 1. The SMILES string of the molecule is C/C(=N/NC(=O)CN(c1cc(Cl)ccc1C)S(C)(=O)=O)c1ccc(Cl)cc1. The van der Waals surface area contributed by atoms with Gasteiger partial charge in [-0.15, -0.1) is 0 Å². The molecule has 0 spiro atoms. The number of hydrazone groups is 1. The number of halogens is 2. The molecule has 0 heterocycles. The predicted molar refractivity (Wildman–Crippen MR) is 110 cm³/mol. The van der Waals surface area contributed by atoms with Crippen molar-refractivity contribution >= 4 is 50.5 Å². The number of nitrogens with zero attached hydrogens (tertiary/aromatic N) is 2. The Bertz CT molecular complexity index is 974. The lowest BCUT2D eigenvalue weighted by Crippen LogP contribution is -2.39. The van der Waals surface area contributed by atoms with Crippen LogP contribution in [0.1, 0.15) is 18.1 Å². The summed E-state index contributed by atoms with van der Waals surface area (Å²) < 4.78 is 25.4. The van der Waals surface area contributed by atoms with Gasteiger partial charge in [0.2, 0.25) is 10.0 Å². The molecule has 0 atom stereocenters. The van der Waals surface area contributed by atoms with Crippen molar-refractivity contribution in [3.05, 3.63) is 63.6 Å². The van der Waals surface area contributed by atoms with Crippen molar-refractivity contribution in [2.75, 3.05) is 17.1 Å². The zero-order valence-corrected chi connectivity index (χ0v) is 17.4. The first-order valence-corrected chi connectivity index (χ1v) is 10.5. The Morgan fingerprint density at radius 3 is 2.30 bits per heavy atom. The van der Waals surface area contributed by atoms with Gasteiger partial charge in [-0.05, 0) is 49.2 Å². The number of hydrogen-bond acceptors (Lipinski definition) is 4. The topological polar surface area (TPSA) is 78.8 Å². The van der Waals surface area contributed by atoms with Gasteiger partial charge >= 0.3 is 0 Å². The highest BCUT2D eigenvalue weighted by atomic mass is 35.5. The average Bonchev–Trinajstić information content (AvgIpc) is 2.59. The highest BCUT2D eigenvalue weighted by Gasteiger charge is 2.22. The third-order valence-electron chi connectivity index (χ3n) is 3.74. The van der Waals surface area contributed by atoms with E-state index in [0.717, 1.165) is 16.1 Å². The van der Waals surface area contributed by atoms with Crippen LogP contribution in [-0.4, -0.2) is 32.8 Å². The second-order valence-electron chi connectivity index (χ2n) is 5.94. The zero-order valence-electron chi connectivity index (χ0n) is 15.0. The molecule has 1 N–H and O–H groups in total. The van der Waals surface area contributed by atoms with Gasteiger partial charge in [-0.25, -0.2) is 13.8 Å². The van der Waals surface area contributed by atoms with E-state index in [2.05, 4.69) is 10.5 Å². The molecule has 2 aromatic carbocycles. The molecule has 2 rings (SSSR count). The fourth-order valence-electron chi connectivity index (χ4n) is 2.30. The van der Waals surface area contributed by atoms with Crippen LogP contribution in [0.15, 0.2) is 47.6 Å². The maximum atomic E-state index is 12.3. The van der Waals surface area contributed by atoms with Crippen molar-refractivity contribution in [3.63, 3.8) is 0 Å². The standard InChI is InChI=1S/C18H19Cl2N3O3S/c1-12-4-7-16(20)10-17(12)23(27(3,25)26)11-18(24)22-21-13(2)14-5-8-15(19)9-6-14/h4-10H,11H2,1-3H3,(H,22,24)/b21-13-. The minimum absolute atomic E-state index is 0.346. The third kappa shape index (κ3) is 5.95. The van der Waals surface area contributed by atoms with E-state index in [0.29, 0.717) is 27.0 Å². The van der Waals surface area contributed by atoms with Crippen LogP contribution in [0.4, 0.5) is 5.69 Å². The molecule has 0 aromatic heterocycles. The Balaban J connectivity index is 2.18. The summed E-state index contributed by atoms with van der Waals surface area (Å²) >= 11 is 11.8. The molecule has 0 unspecified atom stereocenters. The summed E-state index contributed by atoms with van der Waals surface area (Å²) in [7, 11) is -3.70. The first-order chi connectivity index (χ1) is 12.6. The van der Waals surface area contributed by atoms with E-state index in [1.165, 1.54) is 6.07 Å². The summed E-state index contributed by atoms with van der Waals surface area (Å²) in [6, 6.07) is 11.8. The minimum Gasteiger partial charge on any atom is -0.271 e. The van der Waals surface area contributed by atoms with E-state index < -0.39 is 22.5 Å². The zero-order chi connectivity index (χ0) is 20.2. The van der Waals surface area contributed by atoms with Gasteiger partial charge in [0.25, 0.3) is 5.91 Å². The monoisotopic (exact) mass is 427 g/mol. The molecular formula is C18H19Cl2N3O3S. The highest BCUT2D eigenvalue weighted by molar-refractivity contribution is 7.92. The molecule has 0 fully saturated rings. The van der Waals surface area contributed by atoms with Crippen LogP contribution < -0.4 is 9.73 Å². The summed E-state index contributed by atoms with van der Waals surface area (Å²) in [6.45, 7) is 3.04. The molecule has 144 valence electrons. The van der Waals surface area contributed by atoms with Crippen LogP contribution in [0.5, 0.6) is 0 Å². The highest BCUT2D eigenvalue weighted by Crippen LogP contribution is 2.26. The Morgan fingerprint density at radius 1 is 1.11 bits per heavy atom. The van der Waals surface area contributed by atoms with Crippen molar-refractivity contribution in [2.24, 2.45) is 5.10 Å². The normalized spacial score (nSPS) is 12.0. The van der Waals surface area contributed by atoms with Gasteiger partial charge in [0, 0.05) is 10.0 Å². The molecule has 9 heteroatoms. The number of carbonyl (C=O) groups excluding carboxylic acids is 1. The Hall–Kier alpha value is -2.09. The molecule has 1 amide bonds. The second-order valence-corrected chi connectivity index (χ2v) is 8.72. The van der Waals surface area contributed by atoms with E-state index in [1.807, 2.05) is 0 Å². The van der Waals surface area contributed by atoms with E-state index in [9.17, 15) is 13.2 Å². The summed E-state index contributed by atoms with van der Waals surface area (Å²) in [6.07, 6.45) is 1.03. The fourth-order valence-corrected chi connectivity index (χ4v) is 3.50. The predicted octanol–water partition coefficient (Wildman–Crippen LogP) is 3.61. The first-order valence-electron chi connectivity index (χ1n) is 7.91. The molecule has 0 aliphatic heterocycles. The van der Waals surface area contributed by atoms with Crippen LogP contribution >= 0.6 is 23.2 Å². The second kappa shape index (κ2) is 8.73. The maximum Gasteiger partial charge on any atom is 0.260 e. The number of sulfonamides is 1. The fraction of sp³-hybridized carbons (Fsp3) is 0.222. The van der Waals surface area contributed by atoms with Crippen molar-refractivity contribution < 1.29 is 13.2 Å². The van der Waals surface area contributed by atoms with E-state index in [4.69, 9.17) is 23.2 Å². The lowest BCUT2D eigenvalue weighted by atomic mass is 10.1. The molecule has 0 saturated carbocycles. The first kappa shape index (κ1) is 21.2. The lowest BCUT2D eigenvalue weighted by Gasteiger charge is -2.23. The van der Waals surface area contributed by atoms with Gasteiger partial charge in [-0.3, -0.25) is 9.10 Å². The van der Waals surface area contributed by atoms with Gasteiger partial charge in [-0.2, -0.15) is 5.10 Å². The van der Waals surface area contributed by atoms with E-state index in [1.54, 1.807) is 50.2 Å². The summed E-state index contributed by atoms with van der Waals surface area (Å²) in [4.78, 5) is 12.3. The van der Waals surface area contributed by atoms with Crippen LogP contribution in [0.25, 0.3) is 0 Å². The number of rotatable bonds is 6. The largest absolute Gasteiger partial charge is 0.271 e. The van der Waals surface area contributed by atoms with Gasteiger partial charge in [0.15, 0.2) is 0 Å². The molecular weight excluding hydrogens is 409 g/mol. The number of benzene rings is 2. The number of aryl methyl sites for hydroxylation is 1. The molecule has 0 aliphatic rings. The van der Waals surface area contributed by atoms with Gasteiger partial charge in [0.1, 0.15) is 6.54 Å². The average molecular weight is 428 g/mol. The summed E-state index contributed by atoms with van der Waals surface area (Å²) in [5.74, 6) is -0.576. The number of amides is 1. The smallest absolute Gasteiger partial charge is 0.260 e. The Kier molecular flexibility index (Phi) is 6.86. The Labute approximate surface area is 168 Å². The van der Waals surface area contributed by atoms with Crippen LogP contribution in [0.3, 0.4) is 0 Å². The Morgan fingerprint density at radius 2 is 1.70 bits per heavy atom. The van der Waals surface area contributed by atoms with Gasteiger partial charge < -0.3 is 0 Å². The quantitative estimate of drug-likeness (QED) is 0.564. The van der Waals surface area contributed by atoms with E-state index in [-0.39, 0.29) is 0 Å². The lowest BCUT2D eigenvalue weighted by molar-refractivity contribution is -0.119. The summed E-state index contributed by atoms with van der Waals surface area (Å²) in [5, 5.41) is 4.99. The number of anilines is 1. The minimum atomic E-state index is -3.70. The molecule has 0 bridgehead atoms. The van der Waals surface area contributed by atoms with Crippen molar-refractivity contribution in [1.29, 1.82) is 0 Å². The molecule has 27 heavy (non-hydrogen) atoms. The van der Waals surface area contributed by atoms with Crippen molar-refractivity contribution in [1.82, 2.24) is 5.43 Å². The molecule has 2 aromatic rings. The molecule has 0 aliphatic carbocycles.